The normalized spacial score (nSPS) is 16.8. The van der Waals surface area contributed by atoms with Gasteiger partial charge in [-0.1, -0.05) is 30.3 Å². The van der Waals surface area contributed by atoms with Crippen LogP contribution in [0.1, 0.15) is 44.8 Å². The van der Waals surface area contributed by atoms with Crippen LogP contribution in [-0.4, -0.2) is 56.6 Å². The first-order valence-corrected chi connectivity index (χ1v) is 10.1. The van der Waals surface area contributed by atoms with E-state index in [0.717, 1.165) is 32.1 Å². The fourth-order valence-electron chi connectivity index (χ4n) is 2.61. The minimum Gasteiger partial charge on any atom is -0.389 e. The molecule has 1 saturated carbocycles. The van der Waals surface area contributed by atoms with Crippen molar-refractivity contribution in [2.45, 2.75) is 45.3 Å². The van der Waals surface area contributed by atoms with Crippen LogP contribution >= 0.6 is 0 Å². The van der Waals surface area contributed by atoms with E-state index in [4.69, 9.17) is 9.47 Å². The fourth-order valence-corrected chi connectivity index (χ4v) is 2.61. The smallest absolute Gasteiger partial charge is 0.191 e. The first-order valence-electron chi connectivity index (χ1n) is 10.1. The molecule has 0 amide bonds. The van der Waals surface area contributed by atoms with Crippen molar-refractivity contribution in [3.8, 4) is 0 Å². The first-order chi connectivity index (χ1) is 13.2. The third kappa shape index (κ3) is 9.75. The van der Waals surface area contributed by atoms with Crippen LogP contribution in [0.5, 0.6) is 0 Å². The summed E-state index contributed by atoms with van der Waals surface area (Å²) in [5, 5.41) is 16.4. The number of hydrogen-bond acceptors (Lipinski definition) is 4. The third-order valence-electron chi connectivity index (χ3n) is 4.42. The van der Waals surface area contributed by atoms with Gasteiger partial charge < -0.3 is 25.2 Å². The van der Waals surface area contributed by atoms with E-state index in [2.05, 4.69) is 34.7 Å². The maximum atomic E-state index is 9.97. The van der Waals surface area contributed by atoms with Crippen LogP contribution in [0, 0.1) is 5.92 Å². The van der Waals surface area contributed by atoms with Crippen LogP contribution in [-0.2, 0) is 9.47 Å². The Bertz CT molecular complexity index is 535. The molecule has 0 radical (unpaired) electrons. The first kappa shape index (κ1) is 21.7. The van der Waals surface area contributed by atoms with Gasteiger partial charge in [-0.05, 0) is 44.6 Å². The van der Waals surface area contributed by atoms with Crippen LogP contribution in [0.4, 0.5) is 0 Å². The lowest BCUT2D eigenvalue weighted by Crippen LogP contribution is -2.39. The molecule has 0 bridgehead atoms. The summed E-state index contributed by atoms with van der Waals surface area (Å²) in [6.07, 6.45) is 2.94. The minimum atomic E-state index is -0.561. The highest BCUT2D eigenvalue weighted by Crippen LogP contribution is 2.28. The van der Waals surface area contributed by atoms with Crippen molar-refractivity contribution >= 4 is 5.96 Å². The van der Waals surface area contributed by atoms with E-state index in [1.807, 2.05) is 25.1 Å². The van der Waals surface area contributed by atoms with Gasteiger partial charge in [0.15, 0.2) is 5.96 Å². The molecule has 2 atom stereocenters. The van der Waals surface area contributed by atoms with E-state index < -0.39 is 6.10 Å². The Hall–Kier alpha value is -1.63. The van der Waals surface area contributed by atoms with Crippen molar-refractivity contribution in [3.05, 3.63) is 35.9 Å². The minimum absolute atomic E-state index is 0.0962. The van der Waals surface area contributed by atoms with Crippen molar-refractivity contribution in [1.82, 2.24) is 10.6 Å². The van der Waals surface area contributed by atoms with Gasteiger partial charge >= 0.3 is 0 Å². The zero-order valence-corrected chi connectivity index (χ0v) is 16.7. The van der Waals surface area contributed by atoms with Crippen LogP contribution in [0.15, 0.2) is 35.3 Å². The second kappa shape index (κ2) is 12.7. The van der Waals surface area contributed by atoms with Gasteiger partial charge in [0.2, 0.25) is 0 Å². The molecule has 3 N–H and O–H groups in total. The average molecular weight is 378 g/mol. The lowest BCUT2D eigenvalue weighted by atomic mass is 10.1. The Morgan fingerprint density at radius 3 is 2.74 bits per heavy atom. The van der Waals surface area contributed by atoms with E-state index in [-0.39, 0.29) is 6.10 Å². The maximum Gasteiger partial charge on any atom is 0.191 e. The van der Waals surface area contributed by atoms with E-state index in [9.17, 15) is 5.11 Å². The Morgan fingerprint density at radius 1 is 1.26 bits per heavy atom. The number of nitrogens with zero attached hydrogens (tertiary/aromatic N) is 1. The second-order valence-electron chi connectivity index (χ2n) is 7.06. The van der Waals surface area contributed by atoms with Gasteiger partial charge in [0, 0.05) is 26.3 Å². The highest BCUT2D eigenvalue weighted by molar-refractivity contribution is 5.79. The van der Waals surface area contributed by atoms with Crippen LogP contribution in [0.3, 0.4) is 0 Å². The zero-order chi connectivity index (χ0) is 19.3. The molecular weight excluding hydrogens is 342 g/mol. The number of nitrogens with one attached hydrogen (secondary N) is 2. The van der Waals surface area contributed by atoms with Gasteiger partial charge in [-0.15, -0.1) is 0 Å². The lowest BCUT2D eigenvalue weighted by molar-refractivity contribution is 0.0368. The Labute approximate surface area is 163 Å². The quantitative estimate of drug-likeness (QED) is 0.280. The van der Waals surface area contributed by atoms with Crippen molar-refractivity contribution in [1.29, 1.82) is 0 Å². The molecule has 6 heteroatoms. The average Bonchev–Trinajstić information content (AvgIpc) is 3.50. The highest BCUT2D eigenvalue weighted by atomic mass is 16.5. The molecule has 1 aromatic carbocycles. The van der Waals surface area contributed by atoms with Crippen molar-refractivity contribution in [2.24, 2.45) is 10.9 Å². The molecule has 2 unspecified atom stereocenters. The van der Waals surface area contributed by atoms with E-state index >= 15 is 0 Å². The number of hydrogen-bond donors (Lipinski definition) is 3. The molecule has 0 saturated heterocycles. The van der Waals surface area contributed by atoms with Gasteiger partial charge in [-0.2, -0.15) is 0 Å². The molecule has 1 aliphatic carbocycles. The summed E-state index contributed by atoms with van der Waals surface area (Å²) >= 11 is 0. The van der Waals surface area contributed by atoms with Crippen LogP contribution in [0.2, 0.25) is 0 Å². The van der Waals surface area contributed by atoms with Gasteiger partial charge in [0.05, 0.1) is 25.4 Å². The largest absolute Gasteiger partial charge is 0.389 e. The molecule has 0 aromatic heterocycles. The summed E-state index contributed by atoms with van der Waals surface area (Å²) in [7, 11) is 0. The summed E-state index contributed by atoms with van der Waals surface area (Å²) in [4.78, 5) is 4.43. The van der Waals surface area contributed by atoms with Crippen LogP contribution < -0.4 is 10.6 Å². The molecule has 1 aliphatic rings. The SMILES string of the molecule is CCNC(=NCC(O)COCC1CC1)NCCCOC(C)c1ccccc1. The predicted molar refractivity (Wildman–Crippen MR) is 109 cm³/mol. The Morgan fingerprint density at radius 2 is 2.04 bits per heavy atom. The van der Waals surface area contributed by atoms with Crippen molar-refractivity contribution in [3.63, 3.8) is 0 Å². The third-order valence-corrected chi connectivity index (χ3v) is 4.42. The molecule has 6 nitrogen and oxygen atoms in total. The fraction of sp³-hybridized carbons (Fsp3) is 0.667. The van der Waals surface area contributed by atoms with Crippen molar-refractivity contribution in [2.75, 3.05) is 39.5 Å². The number of ether oxygens (including phenoxy) is 2. The topological polar surface area (TPSA) is 75.1 Å². The summed E-state index contributed by atoms with van der Waals surface area (Å²) in [6.45, 7) is 7.77. The molecule has 152 valence electrons. The lowest BCUT2D eigenvalue weighted by Gasteiger charge is -2.15. The molecule has 0 aliphatic heterocycles. The van der Waals surface area contributed by atoms with Gasteiger partial charge in [-0.3, -0.25) is 4.99 Å². The van der Waals surface area contributed by atoms with Gasteiger partial charge in [0.1, 0.15) is 0 Å². The second-order valence-corrected chi connectivity index (χ2v) is 7.06. The summed E-state index contributed by atoms with van der Waals surface area (Å²) < 4.78 is 11.4. The van der Waals surface area contributed by atoms with Gasteiger partial charge in [-0.25, -0.2) is 0 Å². The molecule has 2 rings (SSSR count). The molecule has 0 spiro atoms. The van der Waals surface area contributed by atoms with Crippen molar-refractivity contribution < 1.29 is 14.6 Å². The number of rotatable bonds is 13. The summed E-state index contributed by atoms with van der Waals surface area (Å²) in [5.74, 6) is 1.43. The number of aliphatic hydroxyl groups is 1. The standard InChI is InChI=1S/C21H35N3O3/c1-3-22-21(24-14-20(25)16-26-15-18-10-11-18)23-12-7-13-27-17(2)19-8-5-4-6-9-19/h4-6,8-9,17-18,20,25H,3,7,10-16H2,1-2H3,(H2,22,23,24). The number of aliphatic hydroxyl groups excluding tert-OH is 1. The van der Waals surface area contributed by atoms with Crippen LogP contribution in [0.25, 0.3) is 0 Å². The molecular formula is C21H35N3O3. The number of aliphatic imine (C=N–C) groups is 1. The van der Waals surface area contributed by atoms with E-state index in [0.29, 0.717) is 25.7 Å². The molecule has 0 heterocycles. The highest BCUT2D eigenvalue weighted by Gasteiger charge is 2.21. The molecule has 27 heavy (non-hydrogen) atoms. The number of benzene rings is 1. The predicted octanol–water partition coefficient (Wildman–Crippen LogP) is 2.50. The van der Waals surface area contributed by atoms with E-state index in [1.54, 1.807) is 0 Å². The Balaban J connectivity index is 1.58. The van der Waals surface area contributed by atoms with Gasteiger partial charge in [0.25, 0.3) is 0 Å². The van der Waals surface area contributed by atoms with E-state index in [1.165, 1.54) is 18.4 Å². The summed E-state index contributed by atoms with van der Waals surface area (Å²) in [6, 6.07) is 10.2. The maximum absolute atomic E-state index is 9.97. The zero-order valence-electron chi connectivity index (χ0n) is 16.7. The number of guanidine groups is 1. The molecule has 1 fully saturated rings. The summed E-state index contributed by atoms with van der Waals surface area (Å²) in [5.41, 5.74) is 1.19. The monoisotopic (exact) mass is 377 g/mol. The molecule has 1 aromatic rings. The Kier molecular flexibility index (Phi) is 10.2.